The van der Waals surface area contributed by atoms with E-state index in [1.165, 1.54) is 0 Å². The standard InChI is InChI=1S/C18H23N3O4S/c1-3-8-19-13(22)10-25-18(24)15-11(2)14-16(26-15)20-12-7-5-4-6-9-21(12)17(14)23/h3-10H2,1-2H3,(H,19,22). The Kier molecular flexibility index (Phi) is 5.70. The Bertz CT molecular complexity index is 900. The number of aromatic nitrogens is 2. The van der Waals surface area contributed by atoms with Crippen LogP contribution in [0.2, 0.25) is 0 Å². The Morgan fingerprint density at radius 2 is 2.12 bits per heavy atom. The zero-order valence-electron chi connectivity index (χ0n) is 15.1. The molecule has 2 aromatic rings. The molecule has 0 radical (unpaired) electrons. The highest BCUT2D eigenvalue weighted by molar-refractivity contribution is 7.20. The minimum absolute atomic E-state index is 0.0830. The van der Waals surface area contributed by atoms with Crippen molar-refractivity contribution in [3.63, 3.8) is 0 Å². The van der Waals surface area contributed by atoms with Gasteiger partial charge in [0.1, 0.15) is 15.5 Å². The first-order valence-corrected chi connectivity index (χ1v) is 9.81. The third-order valence-electron chi connectivity index (χ3n) is 4.50. The summed E-state index contributed by atoms with van der Waals surface area (Å²) < 4.78 is 6.84. The van der Waals surface area contributed by atoms with Crippen LogP contribution in [-0.2, 0) is 22.5 Å². The molecule has 1 amide bonds. The van der Waals surface area contributed by atoms with Gasteiger partial charge in [-0.1, -0.05) is 13.3 Å². The van der Waals surface area contributed by atoms with E-state index in [0.717, 1.165) is 49.3 Å². The molecule has 8 heteroatoms. The van der Waals surface area contributed by atoms with Crippen molar-refractivity contribution in [1.29, 1.82) is 0 Å². The molecule has 1 N–H and O–H groups in total. The summed E-state index contributed by atoms with van der Waals surface area (Å²) in [7, 11) is 0. The summed E-state index contributed by atoms with van der Waals surface area (Å²) in [6.45, 7) is 4.57. The summed E-state index contributed by atoms with van der Waals surface area (Å²) in [6.07, 6.45) is 4.66. The Labute approximate surface area is 155 Å². The number of carbonyl (C=O) groups is 2. The summed E-state index contributed by atoms with van der Waals surface area (Å²) in [5.41, 5.74) is 0.501. The molecule has 0 unspecified atom stereocenters. The van der Waals surface area contributed by atoms with Crippen molar-refractivity contribution < 1.29 is 14.3 Å². The normalized spacial score (nSPS) is 13.9. The van der Waals surface area contributed by atoms with E-state index in [9.17, 15) is 14.4 Å². The van der Waals surface area contributed by atoms with Crippen LogP contribution in [0.25, 0.3) is 10.2 Å². The number of thiophene rings is 1. The highest BCUT2D eigenvalue weighted by atomic mass is 32.1. The SMILES string of the molecule is CCCNC(=O)COC(=O)c1sc2nc3n(c(=O)c2c1C)CCCCC3. The average Bonchev–Trinajstić information content (AvgIpc) is 2.80. The lowest BCUT2D eigenvalue weighted by molar-refractivity contribution is -0.124. The lowest BCUT2D eigenvalue weighted by Crippen LogP contribution is -2.29. The summed E-state index contributed by atoms with van der Waals surface area (Å²) >= 11 is 1.16. The predicted molar refractivity (Wildman–Crippen MR) is 99.8 cm³/mol. The van der Waals surface area contributed by atoms with Crippen molar-refractivity contribution in [3.8, 4) is 0 Å². The second kappa shape index (κ2) is 7.99. The van der Waals surface area contributed by atoms with E-state index >= 15 is 0 Å². The van der Waals surface area contributed by atoms with Gasteiger partial charge in [-0.25, -0.2) is 9.78 Å². The van der Waals surface area contributed by atoms with Gasteiger partial charge in [0, 0.05) is 19.5 Å². The zero-order chi connectivity index (χ0) is 18.7. The number of ether oxygens (including phenoxy) is 1. The molecule has 0 saturated carbocycles. The number of nitrogens with zero attached hydrogens (tertiary/aromatic N) is 2. The second-order valence-electron chi connectivity index (χ2n) is 6.46. The van der Waals surface area contributed by atoms with Crippen molar-refractivity contribution in [1.82, 2.24) is 14.9 Å². The fourth-order valence-corrected chi connectivity index (χ4v) is 4.20. The third-order valence-corrected chi connectivity index (χ3v) is 5.67. The number of esters is 1. The molecule has 3 heterocycles. The second-order valence-corrected chi connectivity index (χ2v) is 7.46. The van der Waals surface area contributed by atoms with E-state index in [2.05, 4.69) is 10.3 Å². The molecule has 0 bridgehead atoms. The van der Waals surface area contributed by atoms with Gasteiger partial charge in [-0.15, -0.1) is 11.3 Å². The minimum Gasteiger partial charge on any atom is -0.451 e. The molecule has 7 nitrogen and oxygen atoms in total. The maximum atomic E-state index is 12.9. The van der Waals surface area contributed by atoms with E-state index in [1.54, 1.807) is 11.5 Å². The monoisotopic (exact) mass is 377 g/mol. The molecule has 26 heavy (non-hydrogen) atoms. The third kappa shape index (κ3) is 3.65. The molecule has 0 saturated heterocycles. The van der Waals surface area contributed by atoms with Crippen LogP contribution in [0.15, 0.2) is 4.79 Å². The zero-order valence-corrected chi connectivity index (χ0v) is 15.9. The maximum Gasteiger partial charge on any atom is 0.349 e. The maximum absolute atomic E-state index is 12.9. The van der Waals surface area contributed by atoms with Crippen LogP contribution in [-0.4, -0.2) is 34.6 Å². The Hall–Kier alpha value is -2.22. The number of amides is 1. The minimum atomic E-state index is -0.586. The predicted octanol–water partition coefficient (Wildman–Crippen LogP) is 2.18. The van der Waals surface area contributed by atoms with Crippen molar-refractivity contribution in [2.75, 3.05) is 13.2 Å². The lowest BCUT2D eigenvalue weighted by atomic mass is 10.2. The van der Waals surface area contributed by atoms with Gasteiger partial charge in [-0.3, -0.25) is 14.2 Å². The van der Waals surface area contributed by atoms with Crippen LogP contribution in [0, 0.1) is 6.92 Å². The lowest BCUT2D eigenvalue weighted by Gasteiger charge is -2.08. The van der Waals surface area contributed by atoms with Gasteiger partial charge in [-0.2, -0.15) is 0 Å². The van der Waals surface area contributed by atoms with Crippen molar-refractivity contribution in [2.45, 2.75) is 52.5 Å². The summed E-state index contributed by atoms with van der Waals surface area (Å²) in [4.78, 5) is 42.4. The molecular formula is C18H23N3O4S. The van der Waals surface area contributed by atoms with Gasteiger partial charge >= 0.3 is 5.97 Å². The highest BCUT2D eigenvalue weighted by Crippen LogP contribution is 2.28. The molecule has 0 spiro atoms. The molecule has 0 aliphatic carbocycles. The van der Waals surface area contributed by atoms with Crippen LogP contribution in [0.1, 0.15) is 53.7 Å². The number of hydrogen-bond donors (Lipinski definition) is 1. The van der Waals surface area contributed by atoms with Crippen molar-refractivity contribution in [3.05, 3.63) is 26.6 Å². The molecule has 0 fully saturated rings. The van der Waals surface area contributed by atoms with Crippen molar-refractivity contribution >= 4 is 33.4 Å². The van der Waals surface area contributed by atoms with Crippen LogP contribution in [0.5, 0.6) is 0 Å². The fourth-order valence-electron chi connectivity index (χ4n) is 3.12. The van der Waals surface area contributed by atoms with Crippen LogP contribution in [0.4, 0.5) is 0 Å². The molecular weight excluding hydrogens is 354 g/mol. The van der Waals surface area contributed by atoms with Gasteiger partial charge < -0.3 is 10.1 Å². The number of fused-ring (bicyclic) bond motifs is 2. The van der Waals surface area contributed by atoms with Gasteiger partial charge in [0.2, 0.25) is 0 Å². The molecule has 0 atom stereocenters. The van der Waals surface area contributed by atoms with E-state index < -0.39 is 5.97 Å². The van der Waals surface area contributed by atoms with E-state index in [1.807, 2.05) is 6.92 Å². The van der Waals surface area contributed by atoms with Crippen LogP contribution in [0.3, 0.4) is 0 Å². The Balaban J connectivity index is 1.87. The topological polar surface area (TPSA) is 90.3 Å². The number of hydrogen-bond acceptors (Lipinski definition) is 6. The van der Waals surface area contributed by atoms with Crippen LogP contribution >= 0.6 is 11.3 Å². The summed E-state index contributed by atoms with van der Waals surface area (Å²) in [5, 5.41) is 3.14. The summed E-state index contributed by atoms with van der Waals surface area (Å²) in [5.74, 6) is -0.124. The molecule has 2 aromatic heterocycles. The van der Waals surface area contributed by atoms with E-state index in [4.69, 9.17) is 4.74 Å². The molecule has 1 aliphatic rings. The number of aryl methyl sites for hydroxylation is 2. The van der Waals surface area contributed by atoms with E-state index in [-0.39, 0.29) is 18.1 Å². The molecule has 140 valence electrons. The van der Waals surface area contributed by atoms with Gasteiger partial charge in [0.05, 0.1) is 5.39 Å². The first kappa shape index (κ1) is 18.6. The Morgan fingerprint density at radius 3 is 2.88 bits per heavy atom. The quantitative estimate of drug-likeness (QED) is 0.807. The van der Waals surface area contributed by atoms with Crippen LogP contribution < -0.4 is 10.9 Å². The first-order chi connectivity index (χ1) is 12.5. The summed E-state index contributed by atoms with van der Waals surface area (Å²) in [6, 6.07) is 0. The number of nitrogens with one attached hydrogen (secondary N) is 1. The Morgan fingerprint density at radius 1 is 1.31 bits per heavy atom. The van der Waals surface area contributed by atoms with Gasteiger partial charge in [-0.05, 0) is 31.7 Å². The smallest absolute Gasteiger partial charge is 0.349 e. The van der Waals surface area contributed by atoms with Crippen molar-refractivity contribution in [2.24, 2.45) is 0 Å². The highest BCUT2D eigenvalue weighted by Gasteiger charge is 2.23. The number of carbonyl (C=O) groups excluding carboxylic acids is 2. The van der Waals surface area contributed by atoms with Gasteiger partial charge in [0.15, 0.2) is 6.61 Å². The number of rotatable bonds is 5. The molecule has 1 aliphatic heterocycles. The largest absolute Gasteiger partial charge is 0.451 e. The molecule has 0 aromatic carbocycles. The molecule has 3 rings (SSSR count). The average molecular weight is 377 g/mol. The van der Waals surface area contributed by atoms with E-state index in [0.29, 0.717) is 33.7 Å². The fraction of sp³-hybridized carbons (Fsp3) is 0.556. The van der Waals surface area contributed by atoms with Gasteiger partial charge in [0.25, 0.3) is 11.5 Å². The first-order valence-electron chi connectivity index (χ1n) is 8.99.